The van der Waals surface area contributed by atoms with Crippen LogP contribution >= 0.6 is 11.6 Å². The zero-order chi connectivity index (χ0) is 20.4. The monoisotopic (exact) mass is 411 g/mol. The molecule has 0 fully saturated rings. The molecule has 0 radical (unpaired) electrons. The first-order valence-electron chi connectivity index (χ1n) is 7.42. The largest absolute Gasteiger partial charge is 0.271 e. The number of hydrogen-bond donors (Lipinski definition) is 0. The number of nitro groups is 2. The zero-order valence-corrected chi connectivity index (χ0v) is 15.6. The highest BCUT2D eigenvalue weighted by molar-refractivity contribution is 7.93. The topological polar surface area (TPSA) is 124 Å². The van der Waals surface area contributed by atoms with Gasteiger partial charge in [-0.25, -0.2) is 8.42 Å². The lowest BCUT2D eigenvalue weighted by molar-refractivity contribution is -0.385. The molecule has 2 aromatic rings. The van der Waals surface area contributed by atoms with Gasteiger partial charge in [0.2, 0.25) is 0 Å². The first-order chi connectivity index (χ1) is 12.6. The van der Waals surface area contributed by atoms with E-state index < -0.39 is 25.6 Å². The molecule has 0 N–H and O–H groups in total. The molecule has 0 unspecified atom stereocenters. The summed E-state index contributed by atoms with van der Waals surface area (Å²) < 4.78 is 27.2. The Hall–Kier alpha value is -2.98. The molecule has 142 valence electrons. The SMILES string of the molecule is C=CCN(c1cc([N+](=O)[O-])ccc1Cl)S(=O)(=O)c1cc([N+](=O)[O-])ccc1C. The van der Waals surface area contributed by atoms with Gasteiger partial charge in [0.05, 0.1) is 32.0 Å². The summed E-state index contributed by atoms with van der Waals surface area (Å²) in [5.41, 5.74) is -0.606. The summed E-state index contributed by atoms with van der Waals surface area (Å²) in [5, 5.41) is 22.0. The van der Waals surface area contributed by atoms with E-state index in [0.29, 0.717) is 0 Å². The van der Waals surface area contributed by atoms with Crippen LogP contribution in [-0.4, -0.2) is 24.8 Å². The molecule has 11 heteroatoms. The average Bonchev–Trinajstić information content (AvgIpc) is 2.60. The second-order valence-electron chi connectivity index (χ2n) is 5.42. The van der Waals surface area contributed by atoms with Gasteiger partial charge in [0, 0.05) is 24.3 Å². The van der Waals surface area contributed by atoms with Crippen LogP contribution in [0.25, 0.3) is 0 Å². The van der Waals surface area contributed by atoms with Crippen molar-refractivity contribution in [2.24, 2.45) is 0 Å². The van der Waals surface area contributed by atoms with Gasteiger partial charge in [-0.05, 0) is 18.6 Å². The summed E-state index contributed by atoms with van der Waals surface area (Å²) >= 11 is 6.08. The minimum atomic E-state index is -4.32. The molecule has 2 aromatic carbocycles. The highest BCUT2D eigenvalue weighted by atomic mass is 35.5. The van der Waals surface area contributed by atoms with Crippen molar-refractivity contribution in [3.05, 3.63) is 79.9 Å². The van der Waals surface area contributed by atoms with E-state index in [-0.39, 0.29) is 33.4 Å². The van der Waals surface area contributed by atoms with Crippen LogP contribution in [0.15, 0.2) is 53.9 Å². The first kappa shape index (κ1) is 20.3. The van der Waals surface area contributed by atoms with Crippen molar-refractivity contribution in [3.63, 3.8) is 0 Å². The van der Waals surface area contributed by atoms with Gasteiger partial charge in [0.1, 0.15) is 0 Å². The Bertz CT molecular complexity index is 1040. The Morgan fingerprint density at radius 3 is 2.22 bits per heavy atom. The second-order valence-corrected chi connectivity index (χ2v) is 7.66. The third-order valence-corrected chi connectivity index (χ3v) is 5.90. The molecule has 0 heterocycles. The van der Waals surface area contributed by atoms with Crippen molar-refractivity contribution in [1.82, 2.24) is 0 Å². The fourth-order valence-electron chi connectivity index (χ4n) is 2.35. The van der Waals surface area contributed by atoms with Crippen LogP contribution in [-0.2, 0) is 10.0 Å². The molecule has 0 aliphatic carbocycles. The van der Waals surface area contributed by atoms with E-state index in [4.69, 9.17) is 11.6 Å². The van der Waals surface area contributed by atoms with Crippen molar-refractivity contribution >= 4 is 38.7 Å². The van der Waals surface area contributed by atoms with Crippen LogP contribution in [0.4, 0.5) is 17.1 Å². The van der Waals surface area contributed by atoms with Crippen molar-refractivity contribution in [3.8, 4) is 0 Å². The first-order valence-corrected chi connectivity index (χ1v) is 9.24. The van der Waals surface area contributed by atoms with E-state index in [1.54, 1.807) is 0 Å². The van der Waals surface area contributed by atoms with Gasteiger partial charge in [-0.15, -0.1) is 6.58 Å². The summed E-state index contributed by atoms with van der Waals surface area (Å²) in [6.45, 7) is 4.74. The number of benzene rings is 2. The Morgan fingerprint density at radius 1 is 1.11 bits per heavy atom. The van der Waals surface area contributed by atoms with Gasteiger partial charge in [0.25, 0.3) is 21.4 Å². The Labute approximate surface area is 159 Å². The third-order valence-electron chi connectivity index (χ3n) is 3.65. The molecule has 2 rings (SSSR count). The number of nitro benzene ring substituents is 2. The van der Waals surface area contributed by atoms with E-state index >= 15 is 0 Å². The van der Waals surface area contributed by atoms with Crippen LogP contribution < -0.4 is 4.31 Å². The lowest BCUT2D eigenvalue weighted by atomic mass is 10.2. The van der Waals surface area contributed by atoms with Crippen molar-refractivity contribution in [1.29, 1.82) is 0 Å². The smallest absolute Gasteiger partial charge is 0.261 e. The molecule has 0 atom stereocenters. The summed E-state index contributed by atoms with van der Waals surface area (Å²) in [6, 6.07) is 6.81. The molecule has 9 nitrogen and oxygen atoms in total. The number of halogens is 1. The van der Waals surface area contributed by atoms with E-state index in [2.05, 4.69) is 6.58 Å². The quantitative estimate of drug-likeness (QED) is 0.387. The normalized spacial score (nSPS) is 11.0. The van der Waals surface area contributed by atoms with Crippen molar-refractivity contribution in [2.75, 3.05) is 10.8 Å². The summed E-state index contributed by atoms with van der Waals surface area (Å²) in [6.07, 6.45) is 1.28. The molecular formula is C16H14ClN3O6S. The molecule has 0 aliphatic heterocycles. The fourth-order valence-corrected chi connectivity index (χ4v) is 4.31. The Morgan fingerprint density at radius 2 is 1.67 bits per heavy atom. The van der Waals surface area contributed by atoms with Gasteiger partial charge >= 0.3 is 0 Å². The van der Waals surface area contributed by atoms with Gasteiger partial charge in [-0.1, -0.05) is 23.7 Å². The lowest BCUT2D eigenvalue weighted by Gasteiger charge is -2.24. The fraction of sp³-hybridized carbons (Fsp3) is 0.125. The minimum Gasteiger partial charge on any atom is -0.261 e. The predicted molar refractivity (Wildman–Crippen MR) is 101 cm³/mol. The van der Waals surface area contributed by atoms with Crippen molar-refractivity contribution in [2.45, 2.75) is 11.8 Å². The van der Waals surface area contributed by atoms with Crippen LogP contribution in [0.2, 0.25) is 5.02 Å². The Balaban J connectivity index is 2.72. The lowest BCUT2D eigenvalue weighted by Crippen LogP contribution is -2.32. The van der Waals surface area contributed by atoms with Gasteiger partial charge < -0.3 is 0 Å². The van der Waals surface area contributed by atoms with E-state index in [1.807, 2.05) is 0 Å². The summed E-state index contributed by atoms with van der Waals surface area (Å²) in [7, 11) is -4.32. The van der Waals surface area contributed by atoms with Crippen LogP contribution in [0.1, 0.15) is 5.56 Å². The number of aryl methyl sites for hydroxylation is 1. The number of rotatable bonds is 7. The van der Waals surface area contributed by atoms with Crippen LogP contribution in [0.3, 0.4) is 0 Å². The summed E-state index contributed by atoms with van der Waals surface area (Å²) in [5.74, 6) is 0. The van der Waals surface area contributed by atoms with Crippen molar-refractivity contribution < 1.29 is 18.3 Å². The van der Waals surface area contributed by atoms with Crippen LogP contribution in [0.5, 0.6) is 0 Å². The highest BCUT2D eigenvalue weighted by Crippen LogP contribution is 2.35. The number of non-ortho nitro benzene ring substituents is 2. The molecule has 0 saturated carbocycles. The highest BCUT2D eigenvalue weighted by Gasteiger charge is 2.30. The average molecular weight is 412 g/mol. The number of nitrogens with zero attached hydrogens (tertiary/aromatic N) is 3. The minimum absolute atomic E-state index is 0.0332. The molecule has 0 aliphatic rings. The van der Waals surface area contributed by atoms with Gasteiger partial charge in [-0.2, -0.15) is 0 Å². The van der Waals surface area contributed by atoms with Gasteiger partial charge in [0.15, 0.2) is 0 Å². The van der Waals surface area contributed by atoms with E-state index in [0.717, 1.165) is 22.5 Å². The molecule has 0 aromatic heterocycles. The standard InChI is InChI=1S/C16H14ClN3O6S/c1-3-8-18(15-9-12(19(21)22)6-7-14(15)17)27(25,26)16-10-13(20(23)24)5-4-11(16)2/h3-7,9-10H,1,8H2,2H3. The van der Waals surface area contributed by atoms with Crippen LogP contribution in [0, 0.1) is 27.2 Å². The Kier molecular flexibility index (Phi) is 5.82. The third kappa shape index (κ3) is 4.07. The number of hydrogen-bond acceptors (Lipinski definition) is 6. The number of anilines is 1. The zero-order valence-electron chi connectivity index (χ0n) is 14.0. The summed E-state index contributed by atoms with van der Waals surface area (Å²) in [4.78, 5) is 20.4. The van der Waals surface area contributed by atoms with Gasteiger partial charge in [-0.3, -0.25) is 24.5 Å². The predicted octanol–water partition coefficient (Wildman–Crippen LogP) is 3.85. The number of sulfonamides is 1. The molecule has 27 heavy (non-hydrogen) atoms. The molecule has 0 amide bonds. The maximum atomic E-state index is 13.2. The molecule has 0 saturated heterocycles. The molecular weight excluding hydrogens is 398 g/mol. The van der Waals surface area contributed by atoms with E-state index in [1.165, 1.54) is 31.2 Å². The maximum Gasteiger partial charge on any atom is 0.271 e. The molecule has 0 spiro atoms. The second kappa shape index (κ2) is 7.72. The van der Waals surface area contributed by atoms with E-state index in [9.17, 15) is 28.6 Å². The maximum absolute atomic E-state index is 13.2. The molecule has 0 bridgehead atoms.